The van der Waals surface area contributed by atoms with Gasteiger partial charge < -0.3 is 4.52 Å². The van der Waals surface area contributed by atoms with Crippen molar-refractivity contribution in [2.45, 2.75) is 50.9 Å². The van der Waals surface area contributed by atoms with Crippen molar-refractivity contribution >= 4 is 0 Å². The molecule has 0 bridgehead atoms. The highest BCUT2D eigenvalue weighted by atomic mass is 19.3. The minimum atomic E-state index is -3.01. The first-order valence-electron chi connectivity index (χ1n) is 11.6. The van der Waals surface area contributed by atoms with E-state index in [0.717, 1.165) is 22.6 Å². The van der Waals surface area contributed by atoms with E-state index in [9.17, 15) is 0 Å². The van der Waals surface area contributed by atoms with Crippen molar-refractivity contribution in [3.8, 4) is 22.5 Å². The molecule has 0 radical (unpaired) electrons. The van der Waals surface area contributed by atoms with Crippen LogP contribution in [0.4, 0.5) is 8.78 Å². The molecule has 0 saturated heterocycles. The normalized spacial score (nSPS) is 13.9. The number of rotatable bonds is 8. The van der Waals surface area contributed by atoms with Gasteiger partial charge in [0.05, 0.1) is 11.3 Å². The molecule has 5 rings (SSSR count). The molecule has 0 aliphatic heterocycles. The largest absolute Gasteiger partial charge is 0.355 e. The lowest BCUT2D eigenvalue weighted by Crippen LogP contribution is -2.15. The monoisotopic (exact) mass is 443 g/mol. The zero-order chi connectivity index (χ0) is 22.8. The average molecular weight is 444 g/mol. The van der Waals surface area contributed by atoms with E-state index >= 15 is 8.78 Å². The summed E-state index contributed by atoms with van der Waals surface area (Å²) in [7, 11) is 0. The van der Waals surface area contributed by atoms with Crippen LogP contribution in [-0.2, 0) is 12.3 Å². The van der Waals surface area contributed by atoms with E-state index in [1.165, 1.54) is 18.4 Å². The van der Waals surface area contributed by atoms with E-state index in [2.05, 4.69) is 29.4 Å². The molecule has 1 aromatic heterocycles. The van der Waals surface area contributed by atoms with Gasteiger partial charge in [-0.2, -0.15) is 0 Å². The molecule has 2 nitrogen and oxygen atoms in total. The second-order valence-electron chi connectivity index (χ2n) is 8.99. The van der Waals surface area contributed by atoms with E-state index in [4.69, 9.17) is 4.52 Å². The Kier molecular flexibility index (Phi) is 5.84. The van der Waals surface area contributed by atoms with Crippen LogP contribution in [0, 0.1) is 6.92 Å². The Bertz CT molecular complexity index is 1210. The van der Waals surface area contributed by atoms with Crippen molar-refractivity contribution in [2.75, 3.05) is 0 Å². The lowest BCUT2D eigenvalue weighted by Gasteiger charge is -2.17. The van der Waals surface area contributed by atoms with Gasteiger partial charge in [-0.1, -0.05) is 84.0 Å². The molecule has 1 heterocycles. The van der Waals surface area contributed by atoms with Crippen LogP contribution < -0.4 is 0 Å². The number of alkyl halides is 2. The van der Waals surface area contributed by atoms with Gasteiger partial charge in [0.2, 0.25) is 0 Å². The van der Waals surface area contributed by atoms with Crippen molar-refractivity contribution in [2.24, 2.45) is 0 Å². The maximum absolute atomic E-state index is 15.3. The zero-order valence-corrected chi connectivity index (χ0v) is 18.7. The van der Waals surface area contributed by atoms with Gasteiger partial charge in [-0.15, -0.1) is 0 Å². The van der Waals surface area contributed by atoms with Crippen molar-refractivity contribution in [1.29, 1.82) is 0 Å². The van der Waals surface area contributed by atoms with Crippen LogP contribution in [0.2, 0.25) is 0 Å². The molecule has 0 N–H and O–H groups in total. The fourth-order valence-electron chi connectivity index (χ4n) is 4.46. The van der Waals surface area contributed by atoms with Gasteiger partial charge >= 0.3 is 0 Å². The number of nitrogens with zero attached hydrogens (tertiary/aromatic N) is 1. The SMILES string of the molecule is Cc1noc(-c2ccc(-c3ccc(C4CC4)cc3)cc2)c1C(F)(F)CCCc1ccccc1. The molecule has 0 amide bonds. The van der Waals surface area contributed by atoms with Gasteiger partial charge in [0.25, 0.3) is 5.92 Å². The zero-order valence-electron chi connectivity index (χ0n) is 18.7. The van der Waals surface area contributed by atoms with E-state index in [-0.39, 0.29) is 23.4 Å². The molecule has 1 fully saturated rings. The number of hydrogen-bond donors (Lipinski definition) is 0. The van der Waals surface area contributed by atoms with E-state index in [0.29, 0.717) is 18.4 Å². The number of benzene rings is 3. The van der Waals surface area contributed by atoms with Gasteiger partial charge in [-0.05, 0) is 60.8 Å². The Hall–Kier alpha value is -3.27. The number of halogens is 2. The summed E-state index contributed by atoms with van der Waals surface area (Å²) < 4.78 is 35.9. The quantitative estimate of drug-likeness (QED) is 0.274. The molecule has 3 aromatic carbocycles. The maximum atomic E-state index is 15.3. The average Bonchev–Trinajstić information content (AvgIpc) is 3.61. The standard InChI is InChI=1S/C29H27F2NO/c1-20-27(29(30,31)19-5-8-21-6-3-2-4-7-21)28(33-32-20)26-17-15-25(16-18-26)24-13-11-23(12-14-24)22-9-10-22/h2-4,6-7,11-18,22H,5,8-10,19H2,1H3. The summed E-state index contributed by atoms with van der Waals surface area (Å²) in [5.74, 6) is -2.12. The third kappa shape index (κ3) is 4.75. The second kappa shape index (κ2) is 8.93. The summed E-state index contributed by atoms with van der Waals surface area (Å²) in [5.41, 5.74) is 5.39. The highest BCUT2D eigenvalue weighted by Crippen LogP contribution is 2.42. The summed E-state index contributed by atoms with van der Waals surface area (Å²) in [6, 6.07) is 26.0. The fourth-order valence-corrected chi connectivity index (χ4v) is 4.46. The Morgan fingerprint density at radius 3 is 2.09 bits per heavy atom. The Balaban J connectivity index is 1.33. The molecular weight excluding hydrogens is 416 g/mol. The molecule has 0 spiro atoms. The van der Waals surface area contributed by atoms with E-state index in [1.807, 2.05) is 54.6 Å². The number of aryl methyl sites for hydroxylation is 2. The van der Waals surface area contributed by atoms with Crippen LogP contribution >= 0.6 is 0 Å². The smallest absolute Gasteiger partial charge is 0.278 e. The van der Waals surface area contributed by atoms with Crippen LogP contribution in [0.25, 0.3) is 22.5 Å². The Labute approximate surface area is 193 Å². The summed E-state index contributed by atoms with van der Waals surface area (Å²) in [4.78, 5) is 0. The molecule has 168 valence electrons. The second-order valence-corrected chi connectivity index (χ2v) is 8.99. The summed E-state index contributed by atoms with van der Waals surface area (Å²) in [6.45, 7) is 1.59. The van der Waals surface area contributed by atoms with Crippen LogP contribution in [0.1, 0.15) is 54.0 Å². The predicted molar refractivity (Wildman–Crippen MR) is 127 cm³/mol. The molecule has 0 unspecified atom stereocenters. The lowest BCUT2D eigenvalue weighted by atomic mass is 9.95. The molecule has 4 aromatic rings. The third-order valence-electron chi connectivity index (χ3n) is 6.47. The van der Waals surface area contributed by atoms with Crippen molar-refractivity contribution < 1.29 is 13.3 Å². The molecule has 1 aliphatic carbocycles. The minimum absolute atomic E-state index is 0.0999. The molecule has 33 heavy (non-hydrogen) atoms. The van der Waals surface area contributed by atoms with Gasteiger partial charge in [0.1, 0.15) is 0 Å². The van der Waals surface area contributed by atoms with Crippen LogP contribution in [-0.4, -0.2) is 5.16 Å². The van der Waals surface area contributed by atoms with Gasteiger partial charge in [0, 0.05) is 12.0 Å². The number of hydrogen-bond acceptors (Lipinski definition) is 2. The van der Waals surface area contributed by atoms with Gasteiger partial charge in [-0.25, -0.2) is 8.78 Å². The first-order valence-corrected chi connectivity index (χ1v) is 11.6. The Morgan fingerprint density at radius 1 is 0.848 bits per heavy atom. The topological polar surface area (TPSA) is 26.0 Å². The first kappa shape index (κ1) is 21.6. The first-order chi connectivity index (χ1) is 16.0. The lowest BCUT2D eigenvalue weighted by molar-refractivity contribution is -0.0154. The molecule has 1 saturated carbocycles. The van der Waals surface area contributed by atoms with Crippen molar-refractivity contribution in [3.05, 3.63) is 101 Å². The van der Waals surface area contributed by atoms with Crippen LogP contribution in [0.5, 0.6) is 0 Å². The molecule has 0 atom stereocenters. The maximum Gasteiger partial charge on any atom is 0.278 e. The van der Waals surface area contributed by atoms with Gasteiger partial charge in [0.15, 0.2) is 5.76 Å². The van der Waals surface area contributed by atoms with Crippen molar-refractivity contribution in [1.82, 2.24) is 5.16 Å². The van der Waals surface area contributed by atoms with Crippen LogP contribution in [0.15, 0.2) is 83.4 Å². The highest BCUT2D eigenvalue weighted by Gasteiger charge is 2.38. The van der Waals surface area contributed by atoms with E-state index < -0.39 is 5.92 Å². The summed E-state index contributed by atoms with van der Waals surface area (Å²) in [6.07, 6.45) is 3.32. The fraction of sp³-hybridized carbons (Fsp3) is 0.276. The third-order valence-corrected chi connectivity index (χ3v) is 6.47. The summed E-state index contributed by atoms with van der Waals surface area (Å²) >= 11 is 0. The predicted octanol–water partition coefficient (Wildman–Crippen LogP) is 8.31. The van der Waals surface area contributed by atoms with Crippen molar-refractivity contribution in [3.63, 3.8) is 0 Å². The van der Waals surface area contributed by atoms with Gasteiger partial charge in [-0.3, -0.25) is 0 Å². The van der Waals surface area contributed by atoms with E-state index in [1.54, 1.807) is 6.92 Å². The van der Waals surface area contributed by atoms with Crippen LogP contribution in [0.3, 0.4) is 0 Å². The Morgan fingerprint density at radius 2 is 1.45 bits per heavy atom. The minimum Gasteiger partial charge on any atom is -0.355 e. The molecule has 4 heteroatoms. The molecular formula is C29H27F2NO. The highest BCUT2D eigenvalue weighted by molar-refractivity contribution is 5.70. The number of aromatic nitrogens is 1. The summed E-state index contributed by atoms with van der Waals surface area (Å²) in [5, 5.41) is 3.88. The molecule has 1 aliphatic rings.